The summed E-state index contributed by atoms with van der Waals surface area (Å²) in [4.78, 5) is 41.1. The lowest BCUT2D eigenvalue weighted by Crippen LogP contribution is -2.50. The van der Waals surface area contributed by atoms with Crippen LogP contribution in [-0.4, -0.2) is 54.5 Å². The van der Waals surface area contributed by atoms with Gasteiger partial charge in [0.15, 0.2) is 5.76 Å². The average Bonchev–Trinajstić information content (AvgIpc) is 3.66. The molecule has 2 heterocycles. The molecule has 1 aromatic carbocycles. The van der Waals surface area contributed by atoms with Gasteiger partial charge < -0.3 is 24.7 Å². The van der Waals surface area contributed by atoms with Crippen molar-refractivity contribution in [3.63, 3.8) is 0 Å². The molecular formula is C27H35N3O5. The number of nitrogens with zero attached hydrogens (tertiary/aromatic N) is 1. The van der Waals surface area contributed by atoms with Crippen molar-refractivity contribution >= 4 is 17.7 Å². The number of benzene rings is 1. The largest absolute Gasteiger partial charge is 0.459 e. The van der Waals surface area contributed by atoms with Gasteiger partial charge in [0.05, 0.1) is 18.9 Å². The van der Waals surface area contributed by atoms with Gasteiger partial charge in [0, 0.05) is 19.2 Å². The number of ether oxygens (including phenoxy) is 1. The first-order valence-electron chi connectivity index (χ1n) is 12.7. The van der Waals surface area contributed by atoms with Crippen LogP contribution < -0.4 is 10.6 Å². The molecule has 2 aromatic rings. The third-order valence-electron chi connectivity index (χ3n) is 6.86. The van der Waals surface area contributed by atoms with Gasteiger partial charge in [-0.1, -0.05) is 44.0 Å². The van der Waals surface area contributed by atoms with Crippen molar-refractivity contribution in [2.24, 2.45) is 0 Å². The molecule has 2 fully saturated rings. The van der Waals surface area contributed by atoms with Gasteiger partial charge in [0.1, 0.15) is 6.04 Å². The summed E-state index contributed by atoms with van der Waals surface area (Å²) in [6.45, 7) is 2.76. The lowest BCUT2D eigenvalue weighted by atomic mass is 10.00. The number of carbonyl (C=O) groups excluding carboxylic acids is 3. The molecule has 1 aliphatic carbocycles. The van der Waals surface area contributed by atoms with E-state index >= 15 is 0 Å². The quantitative estimate of drug-likeness (QED) is 0.542. The Morgan fingerprint density at radius 2 is 1.83 bits per heavy atom. The van der Waals surface area contributed by atoms with Crippen LogP contribution in [-0.2, 0) is 20.7 Å². The van der Waals surface area contributed by atoms with Crippen molar-refractivity contribution in [3.8, 4) is 0 Å². The third-order valence-corrected chi connectivity index (χ3v) is 6.86. The van der Waals surface area contributed by atoms with Crippen LogP contribution in [0.15, 0.2) is 47.1 Å². The Labute approximate surface area is 206 Å². The fraction of sp³-hybridized carbons (Fsp3) is 0.519. The third kappa shape index (κ3) is 6.51. The summed E-state index contributed by atoms with van der Waals surface area (Å²) < 4.78 is 11.0. The van der Waals surface area contributed by atoms with E-state index in [9.17, 15) is 14.4 Å². The van der Waals surface area contributed by atoms with E-state index in [0.717, 1.165) is 56.1 Å². The van der Waals surface area contributed by atoms with E-state index < -0.39 is 11.9 Å². The second-order valence-corrected chi connectivity index (χ2v) is 9.33. The van der Waals surface area contributed by atoms with E-state index in [0.29, 0.717) is 6.61 Å². The SMILES string of the molecule is CCc1ccc([C@H](C(=O)NC2CCCC2)N(C[C@@H]2CCCO2)C(=O)CNC(=O)c2ccco2)cc1. The lowest BCUT2D eigenvalue weighted by Gasteiger charge is -2.34. The highest BCUT2D eigenvalue weighted by atomic mass is 16.5. The number of hydrogen-bond donors (Lipinski definition) is 2. The van der Waals surface area contributed by atoms with Crippen LogP contribution in [0.4, 0.5) is 0 Å². The first-order valence-corrected chi connectivity index (χ1v) is 12.7. The number of carbonyl (C=O) groups is 3. The van der Waals surface area contributed by atoms with Crippen LogP contribution in [0.5, 0.6) is 0 Å². The molecule has 2 atom stereocenters. The molecule has 2 aliphatic rings. The summed E-state index contributed by atoms with van der Waals surface area (Å²) in [5.41, 5.74) is 1.91. The van der Waals surface area contributed by atoms with E-state index in [4.69, 9.17) is 9.15 Å². The zero-order valence-electron chi connectivity index (χ0n) is 20.3. The molecule has 1 aliphatic heterocycles. The molecule has 188 valence electrons. The summed E-state index contributed by atoms with van der Waals surface area (Å²) in [6, 6.07) is 10.3. The highest BCUT2D eigenvalue weighted by molar-refractivity contribution is 5.95. The van der Waals surface area contributed by atoms with Gasteiger partial charge in [-0.25, -0.2) is 0 Å². The molecular weight excluding hydrogens is 446 g/mol. The number of rotatable bonds is 10. The van der Waals surface area contributed by atoms with Gasteiger partial charge in [0.2, 0.25) is 11.8 Å². The molecule has 0 unspecified atom stereocenters. The predicted octanol–water partition coefficient (Wildman–Crippen LogP) is 3.38. The molecule has 3 amide bonds. The van der Waals surface area contributed by atoms with E-state index in [1.807, 2.05) is 24.3 Å². The second kappa shape index (κ2) is 12.0. The van der Waals surface area contributed by atoms with E-state index in [2.05, 4.69) is 17.6 Å². The van der Waals surface area contributed by atoms with Crippen molar-refractivity contribution in [3.05, 3.63) is 59.5 Å². The predicted molar refractivity (Wildman–Crippen MR) is 131 cm³/mol. The molecule has 2 N–H and O–H groups in total. The second-order valence-electron chi connectivity index (χ2n) is 9.33. The number of nitrogens with one attached hydrogen (secondary N) is 2. The Bertz CT molecular complexity index is 977. The van der Waals surface area contributed by atoms with Crippen LogP contribution in [0.3, 0.4) is 0 Å². The van der Waals surface area contributed by atoms with Crippen molar-refractivity contribution < 1.29 is 23.5 Å². The fourth-order valence-electron chi connectivity index (χ4n) is 4.87. The smallest absolute Gasteiger partial charge is 0.287 e. The normalized spacial score (nSPS) is 18.8. The van der Waals surface area contributed by atoms with E-state index in [-0.39, 0.29) is 42.8 Å². The van der Waals surface area contributed by atoms with Gasteiger partial charge in [-0.05, 0) is 55.4 Å². The van der Waals surface area contributed by atoms with Crippen LogP contribution in [0.25, 0.3) is 0 Å². The van der Waals surface area contributed by atoms with Crippen molar-refractivity contribution in [1.82, 2.24) is 15.5 Å². The summed E-state index contributed by atoms with van der Waals surface area (Å²) >= 11 is 0. The van der Waals surface area contributed by atoms with Gasteiger partial charge >= 0.3 is 0 Å². The fourth-order valence-corrected chi connectivity index (χ4v) is 4.87. The van der Waals surface area contributed by atoms with Crippen LogP contribution in [0.2, 0.25) is 0 Å². The van der Waals surface area contributed by atoms with Gasteiger partial charge in [-0.15, -0.1) is 0 Å². The number of amides is 3. The molecule has 1 aromatic heterocycles. The Kier molecular flexibility index (Phi) is 8.58. The Morgan fingerprint density at radius 3 is 2.46 bits per heavy atom. The highest BCUT2D eigenvalue weighted by Crippen LogP contribution is 2.27. The summed E-state index contributed by atoms with van der Waals surface area (Å²) in [5, 5.41) is 5.81. The molecule has 0 spiro atoms. The van der Waals surface area contributed by atoms with Crippen LogP contribution in [0, 0.1) is 0 Å². The topological polar surface area (TPSA) is 101 Å². The van der Waals surface area contributed by atoms with Crippen molar-refractivity contribution in [2.45, 2.75) is 70.1 Å². The van der Waals surface area contributed by atoms with Crippen molar-refractivity contribution in [1.29, 1.82) is 0 Å². The lowest BCUT2D eigenvalue weighted by molar-refractivity contribution is -0.142. The average molecular weight is 482 g/mol. The minimum Gasteiger partial charge on any atom is -0.459 e. The van der Waals surface area contributed by atoms with Gasteiger partial charge in [-0.3, -0.25) is 14.4 Å². The number of hydrogen-bond acceptors (Lipinski definition) is 5. The molecule has 0 bridgehead atoms. The molecule has 1 saturated carbocycles. The van der Waals surface area contributed by atoms with Crippen LogP contribution >= 0.6 is 0 Å². The maximum atomic E-state index is 13.7. The maximum absolute atomic E-state index is 13.7. The summed E-state index contributed by atoms with van der Waals surface area (Å²) in [5.74, 6) is -0.870. The van der Waals surface area contributed by atoms with Crippen molar-refractivity contribution in [2.75, 3.05) is 19.7 Å². The standard InChI is InChI=1S/C27H35N3O5/c1-2-19-11-13-20(14-12-19)25(27(33)29-21-7-3-4-8-21)30(18-22-9-5-15-34-22)24(31)17-28-26(32)23-10-6-16-35-23/h6,10-14,16,21-22,25H,2-5,7-9,15,17-18H2,1H3,(H,28,32)(H,29,33)/t22-,25+/m0/s1. The molecule has 0 radical (unpaired) electrons. The monoisotopic (exact) mass is 481 g/mol. The Hall–Kier alpha value is -3.13. The minimum absolute atomic E-state index is 0.123. The van der Waals surface area contributed by atoms with E-state index in [1.165, 1.54) is 12.3 Å². The maximum Gasteiger partial charge on any atom is 0.287 e. The first kappa shape index (κ1) is 25.0. The summed E-state index contributed by atoms with van der Waals surface area (Å²) in [6.07, 6.45) is 7.99. The first-order chi connectivity index (χ1) is 17.0. The molecule has 8 heteroatoms. The van der Waals surface area contributed by atoms with Gasteiger partial charge in [-0.2, -0.15) is 0 Å². The zero-order chi connectivity index (χ0) is 24.6. The highest BCUT2D eigenvalue weighted by Gasteiger charge is 2.35. The molecule has 8 nitrogen and oxygen atoms in total. The van der Waals surface area contributed by atoms with E-state index in [1.54, 1.807) is 11.0 Å². The zero-order valence-corrected chi connectivity index (χ0v) is 20.3. The Balaban J connectivity index is 1.58. The number of furan rings is 1. The molecule has 35 heavy (non-hydrogen) atoms. The van der Waals surface area contributed by atoms with Gasteiger partial charge in [0.25, 0.3) is 5.91 Å². The molecule has 4 rings (SSSR count). The number of aryl methyl sites for hydroxylation is 1. The van der Waals surface area contributed by atoms with Crippen LogP contribution in [0.1, 0.15) is 73.2 Å². The molecule has 1 saturated heterocycles. The minimum atomic E-state index is -0.807. The summed E-state index contributed by atoms with van der Waals surface area (Å²) in [7, 11) is 0. The Morgan fingerprint density at radius 1 is 1.06 bits per heavy atom.